The van der Waals surface area contributed by atoms with Crippen molar-refractivity contribution < 1.29 is 9.59 Å². The van der Waals surface area contributed by atoms with Gasteiger partial charge in [0.1, 0.15) is 0 Å². The van der Waals surface area contributed by atoms with Crippen LogP contribution in [0, 0.1) is 0 Å². The van der Waals surface area contributed by atoms with Crippen LogP contribution in [0.3, 0.4) is 0 Å². The van der Waals surface area contributed by atoms with Crippen LogP contribution in [0.1, 0.15) is 34.5 Å². The van der Waals surface area contributed by atoms with Gasteiger partial charge in [-0.3, -0.25) is 9.59 Å². The number of hydrogen-bond acceptors (Lipinski definition) is 4. The van der Waals surface area contributed by atoms with Gasteiger partial charge >= 0.3 is 0 Å². The van der Waals surface area contributed by atoms with E-state index in [1.165, 1.54) is 0 Å². The summed E-state index contributed by atoms with van der Waals surface area (Å²) in [6, 6.07) is 16.2. The van der Waals surface area contributed by atoms with Crippen molar-refractivity contribution in [1.82, 2.24) is 20.6 Å². The van der Waals surface area contributed by atoms with E-state index in [9.17, 15) is 9.59 Å². The molecule has 4 aromatic rings. The van der Waals surface area contributed by atoms with Gasteiger partial charge in [-0.1, -0.05) is 58.0 Å². The third-order valence-electron chi connectivity index (χ3n) is 5.52. The minimum Gasteiger partial charge on any atom is -0.361 e. The number of H-pyrrole nitrogens is 2. The van der Waals surface area contributed by atoms with E-state index in [4.69, 9.17) is 0 Å². The molecule has 6 nitrogen and oxygen atoms in total. The molecule has 0 radical (unpaired) electrons. The molecule has 4 N–H and O–H groups in total. The maximum atomic E-state index is 12.3. The Balaban J connectivity index is 1.63. The molecule has 2 amide bonds. The van der Waals surface area contributed by atoms with E-state index in [-0.39, 0.29) is 22.3 Å². The van der Waals surface area contributed by atoms with Crippen molar-refractivity contribution in [3.8, 4) is 0 Å². The molecule has 8 heteroatoms. The smallest absolute Gasteiger partial charge is 0.221 e. The third-order valence-corrected chi connectivity index (χ3v) is 8.67. The van der Waals surface area contributed by atoms with Gasteiger partial charge in [0.2, 0.25) is 11.8 Å². The Labute approximate surface area is 194 Å². The molecule has 4 rings (SSSR count). The lowest BCUT2D eigenvalue weighted by Gasteiger charge is -2.20. The van der Waals surface area contributed by atoms with Crippen LogP contribution in [0.15, 0.2) is 60.9 Å². The Bertz CT molecular complexity index is 1140. The van der Waals surface area contributed by atoms with Crippen LogP contribution in [0.25, 0.3) is 21.8 Å². The van der Waals surface area contributed by atoms with Crippen LogP contribution in [0.5, 0.6) is 0 Å². The summed E-state index contributed by atoms with van der Waals surface area (Å²) < 4.78 is 0. The molecule has 2 atom stereocenters. The molecule has 0 fully saturated rings. The summed E-state index contributed by atoms with van der Waals surface area (Å²) in [5.41, 5.74) is 4.29. The first-order valence-corrected chi connectivity index (χ1v) is 12.7. The van der Waals surface area contributed by atoms with Gasteiger partial charge in [0, 0.05) is 61.1 Å². The van der Waals surface area contributed by atoms with E-state index < -0.39 is 0 Å². The summed E-state index contributed by atoms with van der Waals surface area (Å²) >= 11 is 0. The molecule has 0 aliphatic heterocycles. The summed E-state index contributed by atoms with van der Waals surface area (Å²) in [5, 5.41) is 7.60. The molecule has 0 aliphatic carbocycles. The number of hydrogen-bond donors (Lipinski definition) is 4. The Morgan fingerprint density at radius 1 is 0.750 bits per heavy atom. The monoisotopic (exact) mass is 466 g/mol. The minimum absolute atomic E-state index is 0.0108. The second kappa shape index (κ2) is 10.2. The molecule has 0 saturated carbocycles. The van der Waals surface area contributed by atoms with E-state index in [0.29, 0.717) is 12.8 Å². The highest BCUT2D eigenvalue weighted by molar-refractivity contribution is 8.76. The standard InChI is InChI=1S/C24H26N4O2S2/c1-25-23(29)11-21(17-13-27-19-9-5-3-7-15(17)19)31-32-22(12-24(30)26-2)18-14-28-20-10-6-4-8-16(18)20/h3-10,13-14,21-22,27-28H,11-12H2,1-2H3,(H,25,29)(H,26,30). The number of nitrogens with one attached hydrogen (secondary N) is 4. The van der Waals surface area contributed by atoms with Crippen molar-refractivity contribution >= 4 is 55.2 Å². The number of para-hydroxylation sites is 2. The van der Waals surface area contributed by atoms with Gasteiger partial charge < -0.3 is 20.6 Å². The maximum Gasteiger partial charge on any atom is 0.221 e. The summed E-state index contributed by atoms with van der Waals surface area (Å²) in [5.74, 6) is -0.0216. The first-order chi connectivity index (χ1) is 15.6. The summed E-state index contributed by atoms with van der Waals surface area (Å²) in [6.07, 6.45) is 4.70. The van der Waals surface area contributed by atoms with Gasteiger partial charge in [0.05, 0.1) is 10.5 Å². The predicted molar refractivity (Wildman–Crippen MR) is 135 cm³/mol. The van der Waals surface area contributed by atoms with Crippen LogP contribution in [0.2, 0.25) is 0 Å². The molecule has 2 aromatic carbocycles. The second-order valence-electron chi connectivity index (χ2n) is 7.50. The highest BCUT2D eigenvalue weighted by atomic mass is 33.1. The number of benzene rings is 2. The van der Waals surface area contributed by atoms with Gasteiger partial charge in [0.25, 0.3) is 0 Å². The summed E-state index contributed by atoms with van der Waals surface area (Å²) in [7, 11) is 6.61. The zero-order valence-corrected chi connectivity index (χ0v) is 19.6. The minimum atomic E-state index is -0.0616. The lowest BCUT2D eigenvalue weighted by molar-refractivity contribution is -0.121. The Morgan fingerprint density at radius 2 is 1.16 bits per heavy atom. The van der Waals surface area contributed by atoms with Crippen molar-refractivity contribution in [1.29, 1.82) is 0 Å². The Hall–Kier alpha value is -2.84. The maximum absolute atomic E-state index is 12.3. The lowest BCUT2D eigenvalue weighted by Crippen LogP contribution is -2.20. The number of aromatic nitrogens is 2. The number of carbonyl (C=O) groups is 2. The first kappa shape index (κ1) is 22.4. The van der Waals surface area contributed by atoms with Crippen molar-refractivity contribution in [2.24, 2.45) is 0 Å². The van der Waals surface area contributed by atoms with E-state index in [0.717, 1.165) is 32.9 Å². The van der Waals surface area contributed by atoms with Crippen molar-refractivity contribution in [2.75, 3.05) is 14.1 Å². The van der Waals surface area contributed by atoms with E-state index >= 15 is 0 Å². The average molecular weight is 467 g/mol. The topological polar surface area (TPSA) is 89.8 Å². The number of rotatable bonds is 9. The zero-order valence-electron chi connectivity index (χ0n) is 18.0. The number of aromatic amines is 2. The molecule has 2 aromatic heterocycles. The van der Waals surface area contributed by atoms with Crippen molar-refractivity contribution in [3.63, 3.8) is 0 Å². The third kappa shape index (κ3) is 4.81. The normalized spacial score (nSPS) is 13.2. The largest absolute Gasteiger partial charge is 0.361 e. The molecular formula is C24H26N4O2S2. The fraction of sp³-hybridized carbons (Fsp3) is 0.250. The second-order valence-corrected chi connectivity index (χ2v) is 10.2. The predicted octanol–water partition coefficient (Wildman–Crippen LogP) is 5.09. The van der Waals surface area contributed by atoms with Crippen molar-refractivity contribution in [2.45, 2.75) is 23.3 Å². The molecule has 0 saturated heterocycles. The van der Waals surface area contributed by atoms with Crippen LogP contribution < -0.4 is 10.6 Å². The van der Waals surface area contributed by atoms with Crippen LogP contribution in [0.4, 0.5) is 0 Å². The average Bonchev–Trinajstić information content (AvgIpc) is 3.45. The van der Waals surface area contributed by atoms with Crippen LogP contribution in [-0.4, -0.2) is 35.9 Å². The van der Waals surface area contributed by atoms with Gasteiger partial charge in [-0.15, -0.1) is 0 Å². The van der Waals surface area contributed by atoms with E-state index in [2.05, 4.69) is 32.7 Å². The van der Waals surface area contributed by atoms with Gasteiger partial charge in [-0.05, 0) is 23.3 Å². The zero-order chi connectivity index (χ0) is 22.5. The van der Waals surface area contributed by atoms with Crippen LogP contribution >= 0.6 is 21.6 Å². The molecule has 32 heavy (non-hydrogen) atoms. The van der Waals surface area contributed by atoms with Gasteiger partial charge in [-0.25, -0.2) is 0 Å². The molecule has 0 spiro atoms. The number of amides is 2. The first-order valence-electron chi connectivity index (χ1n) is 10.5. The van der Waals surface area contributed by atoms with E-state index in [1.54, 1.807) is 35.7 Å². The molecule has 2 unspecified atom stereocenters. The fourth-order valence-electron chi connectivity index (χ4n) is 3.79. The molecule has 0 aliphatic rings. The fourth-order valence-corrected chi connectivity index (χ4v) is 6.93. The SMILES string of the molecule is CNC(=O)CC(SSC(CC(=O)NC)c1c[nH]c2ccccc12)c1c[nH]c2ccccc12. The van der Waals surface area contributed by atoms with E-state index in [1.807, 2.05) is 48.8 Å². The number of carbonyl (C=O) groups excluding carboxylic acids is 2. The molecule has 2 heterocycles. The number of fused-ring (bicyclic) bond motifs is 2. The Kier molecular flexibility index (Phi) is 7.12. The van der Waals surface area contributed by atoms with Gasteiger partial charge in [-0.2, -0.15) is 0 Å². The van der Waals surface area contributed by atoms with Crippen molar-refractivity contribution in [3.05, 3.63) is 72.1 Å². The van der Waals surface area contributed by atoms with Gasteiger partial charge in [0.15, 0.2) is 0 Å². The highest BCUT2D eigenvalue weighted by Gasteiger charge is 2.25. The molecular weight excluding hydrogens is 440 g/mol. The van der Waals surface area contributed by atoms with Crippen LogP contribution in [-0.2, 0) is 9.59 Å². The molecule has 0 bridgehead atoms. The summed E-state index contributed by atoms with van der Waals surface area (Å²) in [6.45, 7) is 0. The Morgan fingerprint density at radius 3 is 1.56 bits per heavy atom. The lowest BCUT2D eigenvalue weighted by atomic mass is 10.1. The summed E-state index contributed by atoms with van der Waals surface area (Å²) in [4.78, 5) is 31.3. The quantitative estimate of drug-likeness (QED) is 0.259. The highest BCUT2D eigenvalue weighted by Crippen LogP contribution is 2.51. The molecule has 166 valence electrons.